The SMILES string of the molecule is O=C(NC1CCCCC1)[C@H]1CCC[C@@H](O)C1. The third-order valence-electron chi connectivity index (χ3n) is 3.97. The van der Waals surface area contributed by atoms with E-state index >= 15 is 0 Å². The van der Waals surface area contributed by atoms with Crippen molar-refractivity contribution in [2.75, 3.05) is 0 Å². The van der Waals surface area contributed by atoms with Crippen LogP contribution in [-0.4, -0.2) is 23.2 Å². The standard InChI is InChI=1S/C13H23NO2/c15-12-8-4-5-10(9-12)13(16)14-11-6-2-1-3-7-11/h10-12,15H,1-9H2,(H,14,16)/t10-,12+/m0/s1. The number of aliphatic hydroxyl groups is 1. The van der Waals surface area contributed by atoms with Crippen molar-refractivity contribution in [3.8, 4) is 0 Å². The maximum Gasteiger partial charge on any atom is 0.223 e. The fraction of sp³-hybridized carbons (Fsp3) is 0.923. The molecule has 0 spiro atoms. The van der Waals surface area contributed by atoms with Crippen LogP contribution >= 0.6 is 0 Å². The molecule has 0 radical (unpaired) electrons. The maximum absolute atomic E-state index is 12.0. The van der Waals surface area contributed by atoms with E-state index in [1.807, 2.05) is 0 Å². The van der Waals surface area contributed by atoms with Crippen molar-refractivity contribution in [1.29, 1.82) is 0 Å². The minimum atomic E-state index is -0.254. The zero-order chi connectivity index (χ0) is 11.4. The average Bonchev–Trinajstić information content (AvgIpc) is 2.30. The number of hydrogen-bond donors (Lipinski definition) is 2. The van der Waals surface area contributed by atoms with Gasteiger partial charge in [-0.1, -0.05) is 25.7 Å². The Labute approximate surface area is 97.6 Å². The van der Waals surface area contributed by atoms with Crippen LogP contribution in [0.3, 0.4) is 0 Å². The van der Waals surface area contributed by atoms with Crippen LogP contribution in [0.15, 0.2) is 0 Å². The highest BCUT2D eigenvalue weighted by Crippen LogP contribution is 2.25. The van der Waals surface area contributed by atoms with E-state index < -0.39 is 0 Å². The number of carbonyl (C=O) groups is 1. The Balaban J connectivity index is 1.77. The molecule has 1 amide bonds. The molecule has 0 aliphatic heterocycles. The Morgan fingerprint density at radius 2 is 1.75 bits per heavy atom. The molecule has 0 aromatic heterocycles. The maximum atomic E-state index is 12.0. The number of rotatable bonds is 2. The second kappa shape index (κ2) is 5.67. The lowest BCUT2D eigenvalue weighted by Crippen LogP contribution is -2.41. The number of aliphatic hydroxyl groups excluding tert-OH is 1. The van der Waals surface area contributed by atoms with Crippen molar-refractivity contribution in [2.45, 2.75) is 69.9 Å². The fourth-order valence-corrected chi connectivity index (χ4v) is 2.97. The van der Waals surface area contributed by atoms with Crippen molar-refractivity contribution in [3.63, 3.8) is 0 Å². The third kappa shape index (κ3) is 3.21. The summed E-state index contributed by atoms with van der Waals surface area (Å²) >= 11 is 0. The molecule has 16 heavy (non-hydrogen) atoms. The van der Waals surface area contributed by atoms with Gasteiger partial charge in [0.15, 0.2) is 0 Å². The first kappa shape index (κ1) is 11.9. The minimum absolute atomic E-state index is 0.0608. The van der Waals surface area contributed by atoms with E-state index in [1.54, 1.807) is 0 Å². The molecule has 2 saturated carbocycles. The lowest BCUT2D eigenvalue weighted by molar-refractivity contribution is -0.128. The van der Waals surface area contributed by atoms with Gasteiger partial charge in [0.1, 0.15) is 0 Å². The summed E-state index contributed by atoms with van der Waals surface area (Å²) in [6.07, 6.45) is 9.31. The van der Waals surface area contributed by atoms with Gasteiger partial charge in [0.05, 0.1) is 6.10 Å². The normalized spacial score (nSPS) is 32.3. The molecule has 2 fully saturated rings. The highest BCUT2D eigenvalue weighted by molar-refractivity contribution is 5.79. The van der Waals surface area contributed by atoms with Crippen molar-refractivity contribution >= 4 is 5.91 Å². The summed E-state index contributed by atoms with van der Waals surface area (Å²) in [5.74, 6) is 0.247. The Morgan fingerprint density at radius 3 is 2.44 bits per heavy atom. The molecule has 0 saturated heterocycles. The van der Waals surface area contributed by atoms with Gasteiger partial charge in [-0.2, -0.15) is 0 Å². The van der Waals surface area contributed by atoms with Crippen molar-refractivity contribution in [2.24, 2.45) is 5.92 Å². The monoisotopic (exact) mass is 225 g/mol. The van der Waals surface area contributed by atoms with Crippen LogP contribution in [0, 0.1) is 5.92 Å². The molecule has 2 N–H and O–H groups in total. The summed E-state index contributed by atoms with van der Waals surface area (Å²) in [6, 6.07) is 0.403. The van der Waals surface area contributed by atoms with E-state index in [9.17, 15) is 9.90 Å². The number of carbonyl (C=O) groups excluding carboxylic acids is 1. The first-order chi connectivity index (χ1) is 7.75. The van der Waals surface area contributed by atoms with E-state index in [1.165, 1.54) is 19.3 Å². The van der Waals surface area contributed by atoms with Crippen LogP contribution < -0.4 is 5.32 Å². The molecule has 0 heterocycles. The summed E-state index contributed by atoms with van der Waals surface area (Å²) in [4.78, 5) is 12.0. The average molecular weight is 225 g/mol. The highest BCUT2D eigenvalue weighted by Gasteiger charge is 2.27. The zero-order valence-corrected chi connectivity index (χ0v) is 9.95. The topological polar surface area (TPSA) is 49.3 Å². The van der Waals surface area contributed by atoms with E-state index in [4.69, 9.17) is 0 Å². The van der Waals surface area contributed by atoms with Crippen molar-refractivity contribution < 1.29 is 9.90 Å². The summed E-state index contributed by atoms with van der Waals surface area (Å²) in [7, 11) is 0. The second-order valence-electron chi connectivity index (χ2n) is 5.36. The van der Waals surface area contributed by atoms with Gasteiger partial charge in [0.25, 0.3) is 0 Å². The van der Waals surface area contributed by atoms with Gasteiger partial charge < -0.3 is 10.4 Å². The molecule has 3 heteroatoms. The molecule has 2 atom stereocenters. The van der Waals surface area contributed by atoms with E-state index in [-0.39, 0.29) is 17.9 Å². The Bertz CT molecular complexity index is 236. The molecule has 3 nitrogen and oxygen atoms in total. The third-order valence-corrected chi connectivity index (χ3v) is 3.97. The van der Waals surface area contributed by atoms with E-state index in [0.29, 0.717) is 12.5 Å². The predicted octanol–water partition coefficient (Wildman–Crippen LogP) is 1.99. The summed E-state index contributed by atoms with van der Waals surface area (Å²) in [5.41, 5.74) is 0. The van der Waals surface area contributed by atoms with Gasteiger partial charge >= 0.3 is 0 Å². The van der Waals surface area contributed by atoms with Gasteiger partial charge in [0, 0.05) is 12.0 Å². The fourth-order valence-electron chi connectivity index (χ4n) is 2.97. The molecule has 92 valence electrons. The Kier molecular flexibility index (Phi) is 4.22. The molecule has 0 aromatic carbocycles. The van der Waals surface area contributed by atoms with Crippen LogP contribution in [0.1, 0.15) is 57.8 Å². The lowest BCUT2D eigenvalue weighted by atomic mass is 9.86. The highest BCUT2D eigenvalue weighted by atomic mass is 16.3. The summed E-state index contributed by atoms with van der Waals surface area (Å²) < 4.78 is 0. The van der Waals surface area contributed by atoms with Gasteiger partial charge in [-0.05, 0) is 32.1 Å². The van der Waals surface area contributed by atoms with Crippen LogP contribution in [0.2, 0.25) is 0 Å². The number of hydrogen-bond acceptors (Lipinski definition) is 2. The molecular formula is C13H23NO2. The molecule has 2 aliphatic carbocycles. The molecule has 0 aromatic rings. The predicted molar refractivity (Wildman–Crippen MR) is 63.0 cm³/mol. The van der Waals surface area contributed by atoms with Crippen molar-refractivity contribution in [1.82, 2.24) is 5.32 Å². The second-order valence-corrected chi connectivity index (χ2v) is 5.36. The molecule has 2 aliphatic rings. The smallest absolute Gasteiger partial charge is 0.223 e. The minimum Gasteiger partial charge on any atom is -0.393 e. The lowest BCUT2D eigenvalue weighted by Gasteiger charge is -2.28. The summed E-state index contributed by atoms with van der Waals surface area (Å²) in [5, 5.41) is 12.7. The van der Waals surface area contributed by atoms with Crippen LogP contribution in [0.4, 0.5) is 0 Å². The molecule has 2 rings (SSSR count). The molecule has 0 unspecified atom stereocenters. The number of amides is 1. The Hall–Kier alpha value is -0.570. The van der Waals surface area contributed by atoms with E-state index in [2.05, 4.69) is 5.32 Å². The van der Waals surface area contributed by atoms with Crippen LogP contribution in [0.25, 0.3) is 0 Å². The molecular weight excluding hydrogens is 202 g/mol. The quantitative estimate of drug-likeness (QED) is 0.755. The summed E-state index contributed by atoms with van der Waals surface area (Å²) in [6.45, 7) is 0. The van der Waals surface area contributed by atoms with E-state index in [0.717, 1.165) is 32.1 Å². The Morgan fingerprint density at radius 1 is 1.00 bits per heavy atom. The first-order valence-corrected chi connectivity index (χ1v) is 6.74. The zero-order valence-electron chi connectivity index (χ0n) is 9.95. The van der Waals surface area contributed by atoms with Gasteiger partial charge in [-0.25, -0.2) is 0 Å². The van der Waals surface area contributed by atoms with Crippen LogP contribution in [-0.2, 0) is 4.79 Å². The number of nitrogens with one attached hydrogen (secondary N) is 1. The first-order valence-electron chi connectivity index (χ1n) is 6.74. The van der Waals surface area contributed by atoms with Crippen LogP contribution in [0.5, 0.6) is 0 Å². The molecule has 0 bridgehead atoms. The van der Waals surface area contributed by atoms with Crippen molar-refractivity contribution in [3.05, 3.63) is 0 Å². The van der Waals surface area contributed by atoms with Gasteiger partial charge in [-0.15, -0.1) is 0 Å². The van der Waals surface area contributed by atoms with Gasteiger partial charge in [-0.3, -0.25) is 4.79 Å². The largest absolute Gasteiger partial charge is 0.393 e. The van der Waals surface area contributed by atoms with Gasteiger partial charge in [0.2, 0.25) is 5.91 Å².